The van der Waals surface area contributed by atoms with E-state index in [0.29, 0.717) is 13.1 Å². The lowest BCUT2D eigenvalue weighted by atomic mass is 9.92. The van der Waals surface area contributed by atoms with Gasteiger partial charge in [0.05, 0.1) is 11.2 Å². The molecule has 0 radical (unpaired) electrons. The van der Waals surface area contributed by atoms with Gasteiger partial charge in [-0.2, -0.15) is 5.10 Å². The van der Waals surface area contributed by atoms with E-state index in [-0.39, 0.29) is 17.8 Å². The van der Waals surface area contributed by atoms with Crippen molar-refractivity contribution in [3.8, 4) is 0 Å². The monoisotopic (exact) mass is 333 g/mol. The predicted molar refractivity (Wildman–Crippen MR) is 90.5 cm³/mol. The van der Waals surface area contributed by atoms with Crippen LogP contribution < -0.4 is 0 Å². The van der Waals surface area contributed by atoms with Crippen molar-refractivity contribution in [3.05, 3.63) is 29.7 Å². The zero-order chi connectivity index (χ0) is 17.5. The van der Waals surface area contributed by atoms with Crippen molar-refractivity contribution in [3.63, 3.8) is 0 Å². The summed E-state index contributed by atoms with van der Waals surface area (Å²) in [5.74, 6) is -0.0165. The molecule has 0 atom stereocenters. The Labute approximate surface area is 141 Å². The molecule has 0 bridgehead atoms. The molecule has 1 fully saturated rings. The van der Waals surface area contributed by atoms with Gasteiger partial charge in [0, 0.05) is 31.4 Å². The third-order valence-electron chi connectivity index (χ3n) is 4.37. The fourth-order valence-corrected chi connectivity index (χ4v) is 3.23. The van der Waals surface area contributed by atoms with E-state index < -0.39 is 5.60 Å². The van der Waals surface area contributed by atoms with Crippen molar-refractivity contribution in [1.82, 2.24) is 14.7 Å². The number of piperidine rings is 1. The number of ether oxygens (including phenoxy) is 1. The average Bonchev–Trinajstić information content (AvgIpc) is 2.82. The first kappa shape index (κ1) is 16.7. The van der Waals surface area contributed by atoms with Crippen molar-refractivity contribution in [2.24, 2.45) is 7.05 Å². The number of carbonyl (C=O) groups is 1. The minimum atomic E-state index is -0.483. The summed E-state index contributed by atoms with van der Waals surface area (Å²) in [4.78, 5) is 13.9. The van der Waals surface area contributed by atoms with E-state index in [2.05, 4.69) is 5.10 Å². The number of nitrogens with zero attached hydrogens (tertiary/aromatic N) is 3. The molecule has 3 rings (SSSR count). The summed E-state index contributed by atoms with van der Waals surface area (Å²) >= 11 is 0. The molecule has 0 aliphatic carbocycles. The smallest absolute Gasteiger partial charge is 0.410 e. The van der Waals surface area contributed by atoms with Gasteiger partial charge in [-0.3, -0.25) is 4.68 Å². The first-order valence-corrected chi connectivity index (χ1v) is 8.35. The summed E-state index contributed by atoms with van der Waals surface area (Å²) in [5, 5.41) is 5.47. The van der Waals surface area contributed by atoms with Gasteiger partial charge in [0.2, 0.25) is 0 Å². The van der Waals surface area contributed by atoms with E-state index in [9.17, 15) is 9.18 Å². The molecule has 1 amide bonds. The van der Waals surface area contributed by atoms with E-state index in [1.165, 1.54) is 6.07 Å². The van der Waals surface area contributed by atoms with Crippen molar-refractivity contribution < 1.29 is 13.9 Å². The predicted octanol–water partition coefficient (Wildman–Crippen LogP) is 3.83. The second-order valence-corrected chi connectivity index (χ2v) is 7.41. The number of aryl methyl sites for hydroxylation is 1. The summed E-state index contributed by atoms with van der Waals surface area (Å²) < 4.78 is 20.8. The Morgan fingerprint density at radius 1 is 1.29 bits per heavy atom. The average molecular weight is 333 g/mol. The van der Waals surface area contributed by atoms with Crippen LogP contribution in [0.5, 0.6) is 0 Å². The Bertz CT molecular complexity index is 755. The van der Waals surface area contributed by atoms with Gasteiger partial charge < -0.3 is 9.64 Å². The molecule has 1 aliphatic heterocycles. The lowest BCUT2D eigenvalue weighted by Gasteiger charge is -2.33. The fraction of sp³-hybridized carbons (Fsp3) is 0.556. The Morgan fingerprint density at radius 3 is 2.58 bits per heavy atom. The minimum absolute atomic E-state index is 0.231. The molecule has 130 valence electrons. The number of hydrogen-bond donors (Lipinski definition) is 0. The van der Waals surface area contributed by atoms with Gasteiger partial charge in [0.25, 0.3) is 0 Å². The molecule has 1 saturated heterocycles. The number of halogens is 1. The molecule has 2 aromatic rings. The Hall–Kier alpha value is -2.11. The summed E-state index contributed by atoms with van der Waals surface area (Å²) in [5.41, 5.74) is 1.37. The van der Waals surface area contributed by atoms with Crippen molar-refractivity contribution in [2.45, 2.75) is 45.1 Å². The molecule has 5 nitrogen and oxygen atoms in total. The van der Waals surface area contributed by atoms with Crippen LogP contribution in [0.1, 0.15) is 45.2 Å². The van der Waals surface area contributed by atoms with E-state index in [0.717, 1.165) is 29.4 Å². The number of benzene rings is 1. The Balaban J connectivity index is 1.73. The van der Waals surface area contributed by atoms with Gasteiger partial charge in [-0.1, -0.05) is 0 Å². The summed E-state index contributed by atoms with van der Waals surface area (Å²) in [6.07, 6.45) is 1.35. The molecule has 0 spiro atoms. The maximum absolute atomic E-state index is 13.6. The highest BCUT2D eigenvalue weighted by Crippen LogP contribution is 2.33. The van der Waals surface area contributed by atoms with Gasteiger partial charge in [-0.15, -0.1) is 0 Å². The number of likely N-dealkylation sites (tertiary alicyclic amines) is 1. The van der Waals surface area contributed by atoms with Crippen LogP contribution in [-0.2, 0) is 11.8 Å². The normalized spacial score (nSPS) is 16.6. The standard InChI is InChI=1S/C18H24FN3O2/c1-18(2,3)24-17(23)22-9-7-12(8-10-22)16-14-11-13(19)5-6-15(14)21(4)20-16/h5-6,11-12H,7-10H2,1-4H3. The summed E-state index contributed by atoms with van der Waals surface area (Å²) in [6.45, 7) is 6.87. The number of fused-ring (bicyclic) bond motifs is 1. The van der Waals surface area contributed by atoms with E-state index in [1.807, 2.05) is 27.8 Å². The maximum Gasteiger partial charge on any atom is 0.410 e. The Kier molecular flexibility index (Phi) is 4.24. The molecule has 0 N–H and O–H groups in total. The number of carbonyl (C=O) groups excluding carboxylic acids is 1. The lowest BCUT2D eigenvalue weighted by Crippen LogP contribution is -2.41. The van der Waals surface area contributed by atoms with Crippen LogP contribution in [-0.4, -0.2) is 39.5 Å². The largest absolute Gasteiger partial charge is 0.444 e. The molecule has 0 saturated carbocycles. The third kappa shape index (κ3) is 3.37. The van der Waals surface area contributed by atoms with Crippen molar-refractivity contribution in [2.75, 3.05) is 13.1 Å². The van der Waals surface area contributed by atoms with E-state index in [4.69, 9.17) is 4.74 Å². The fourth-order valence-electron chi connectivity index (χ4n) is 3.23. The number of amides is 1. The third-order valence-corrected chi connectivity index (χ3v) is 4.37. The summed E-state index contributed by atoms with van der Waals surface area (Å²) in [6, 6.07) is 4.77. The molecular formula is C18H24FN3O2. The topological polar surface area (TPSA) is 47.4 Å². The minimum Gasteiger partial charge on any atom is -0.444 e. The molecular weight excluding hydrogens is 309 g/mol. The maximum atomic E-state index is 13.6. The molecule has 1 aliphatic rings. The Morgan fingerprint density at radius 2 is 1.96 bits per heavy atom. The van der Waals surface area contributed by atoms with Crippen LogP contribution in [0, 0.1) is 5.82 Å². The zero-order valence-corrected chi connectivity index (χ0v) is 14.7. The van der Waals surface area contributed by atoms with Crippen molar-refractivity contribution >= 4 is 17.0 Å². The van der Waals surface area contributed by atoms with Gasteiger partial charge in [0.1, 0.15) is 11.4 Å². The summed E-state index contributed by atoms with van der Waals surface area (Å²) in [7, 11) is 1.87. The first-order valence-electron chi connectivity index (χ1n) is 8.35. The van der Waals surface area contributed by atoms with Crippen LogP contribution in [0.15, 0.2) is 18.2 Å². The van der Waals surface area contributed by atoms with E-state index in [1.54, 1.807) is 21.7 Å². The molecule has 0 unspecified atom stereocenters. The van der Waals surface area contributed by atoms with Gasteiger partial charge in [-0.05, 0) is 51.8 Å². The second kappa shape index (κ2) is 6.07. The first-order chi connectivity index (χ1) is 11.2. The quantitative estimate of drug-likeness (QED) is 0.797. The highest BCUT2D eigenvalue weighted by molar-refractivity contribution is 5.82. The van der Waals surface area contributed by atoms with Crippen LogP contribution in [0.25, 0.3) is 10.9 Å². The van der Waals surface area contributed by atoms with Crippen molar-refractivity contribution in [1.29, 1.82) is 0 Å². The van der Waals surface area contributed by atoms with Gasteiger partial charge >= 0.3 is 6.09 Å². The molecule has 2 heterocycles. The molecule has 6 heteroatoms. The van der Waals surface area contributed by atoms with E-state index >= 15 is 0 Å². The number of rotatable bonds is 1. The lowest BCUT2D eigenvalue weighted by molar-refractivity contribution is 0.0204. The molecule has 1 aromatic heterocycles. The van der Waals surface area contributed by atoms with Crippen LogP contribution >= 0.6 is 0 Å². The number of hydrogen-bond acceptors (Lipinski definition) is 3. The van der Waals surface area contributed by atoms with Crippen LogP contribution in [0.3, 0.4) is 0 Å². The van der Waals surface area contributed by atoms with Gasteiger partial charge in [0.15, 0.2) is 0 Å². The molecule has 1 aromatic carbocycles. The highest BCUT2D eigenvalue weighted by Gasteiger charge is 2.29. The highest BCUT2D eigenvalue weighted by atomic mass is 19.1. The zero-order valence-electron chi connectivity index (χ0n) is 14.7. The number of aromatic nitrogens is 2. The van der Waals surface area contributed by atoms with Crippen LogP contribution in [0.4, 0.5) is 9.18 Å². The SMILES string of the molecule is Cn1nc(C2CCN(C(=O)OC(C)(C)C)CC2)c2cc(F)ccc21. The van der Waals surface area contributed by atoms with Crippen LogP contribution in [0.2, 0.25) is 0 Å². The second-order valence-electron chi connectivity index (χ2n) is 7.41. The molecule has 24 heavy (non-hydrogen) atoms. The van der Waals surface area contributed by atoms with Gasteiger partial charge in [-0.25, -0.2) is 9.18 Å².